The molecule has 3 fully saturated rings. The number of nitrogens with zero attached hydrogens (tertiary/aromatic N) is 6. The molecule has 0 aliphatic carbocycles. The maximum Gasteiger partial charge on any atom is 0.417 e. The van der Waals surface area contributed by atoms with Crippen molar-refractivity contribution in [2.45, 2.75) is 135 Å². The molecule has 2 aromatic carbocycles. The molecule has 3 unspecified atom stereocenters. The number of halogens is 6. The molecule has 0 radical (unpaired) electrons. The molecule has 5 heterocycles. The van der Waals surface area contributed by atoms with Gasteiger partial charge in [0.25, 0.3) is 0 Å². The summed E-state index contributed by atoms with van der Waals surface area (Å²) in [5.74, 6) is -2.25. The summed E-state index contributed by atoms with van der Waals surface area (Å²) < 4.78 is 110. The van der Waals surface area contributed by atoms with Gasteiger partial charge in [0.1, 0.15) is 40.6 Å². The number of alkyl halides is 4. The number of carbonyl (C=O) groups is 2. The number of likely N-dealkylation sites (tertiary alicyclic amines) is 1. The smallest absolute Gasteiger partial charge is 0.417 e. The van der Waals surface area contributed by atoms with Gasteiger partial charge in [0, 0.05) is 48.2 Å². The number of benzene rings is 2. The average molecular weight is 880 g/mol. The van der Waals surface area contributed by atoms with E-state index in [2.05, 4.69) is 25.2 Å². The van der Waals surface area contributed by atoms with Crippen LogP contribution in [0.15, 0.2) is 18.2 Å². The minimum atomic E-state index is -5.14. The van der Waals surface area contributed by atoms with Gasteiger partial charge < -0.3 is 19.1 Å². The quantitative estimate of drug-likeness (QED) is 0.180. The van der Waals surface area contributed by atoms with Gasteiger partial charge in [0.05, 0.1) is 27.9 Å². The molecule has 0 saturated carbocycles. The number of aromatic nitrogens is 3. The zero-order valence-corrected chi connectivity index (χ0v) is 36.4. The molecule has 61 heavy (non-hydrogen) atoms. The first kappa shape index (κ1) is 44.4. The van der Waals surface area contributed by atoms with Crippen LogP contribution < -0.4 is 15.0 Å². The van der Waals surface area contributed by atoms with Crippen LogP contribution in [-0.2, 0) is 15.7 Å². The van der Waals surface area contributed by atoms with Crippen LogP contribution in [0, 0.1) is 11.6 Å². The Hall–Kier alpha value is -4.65. The fourth-order valence-electron chi connectivity index (χ4n) is 8.52. The maximum absolute atomic E-state index is 17.5. The number of nitrogens with one attached hydrogen (secondary N) is 1. The van der Waals surface area contributed by atoms with E-state index in [4.69, 9.17) is 14.2 Å². The fraction of sp³-hybridized carbons (Fsp3) is 0.595. The highest BCUT2D eigenvalue weighted by atomic mass is 32.1. The number of hydrogen-bond donors (Lipinski definition) is 1. The van der Waals surface area contributed by atoms with E-state index in [1.54, 1.807) is 58.3 Å². The van der Waals surface area contributed by atoms with Crippen molar-refractivity contribution in [1.82, 2.24) is 24.8 Å². The molecule has 332 valence electrons. The summed E-state index contributed by atoms with van der Waals surface area (Å²) in [6.45, 7) is 16.9. The molecule has 19 heteroatoms. The Morgan fingerprint density at radius 3 is 2.21 bits per heavy atom. The van der Waals surface area contributed by atoms with Crippen molar-refractivity contribution in [2.24, 2.45) is 0 Å². The molecular weight excluding hydrogens is 829 g/mol. The molecule has 2 bridgehead atoms. The van der Waals surface area contributed by atoms with Crippen LogP contribution in [-0.4, -0.2) is 104 Å². The predicted octanol–water partition coefficient (Wildman–Crippen LogP) is 10.1. The van der Waals surface area contributed by atoms with Crippen LogP contribution in [0.4, 0.5) is 46.9 Å². The molecule has 0 spiro atoms. The Kier molecular flexibility index (Phi) is 11.6. The Balaban J connectivity index is 1.35. The van der Waals surface area contributed by atoms with Crippen LogP contribution in [0.3, 0.4) is 0 Å². The Morgan fingerprint density at radius 1 is 0.951 bits per heavy atom. The molecule has 2 amide bonds. The van der Waals surface area contributed by atoms with E-state index in [0.29, 0.717) is 50.1 Å². The second-order valence-corrected chi connectivity index (χ2v) is 19.7. The number of hydrogen-bond acceptors (Lipinski definition) is 11. The number of piperidine rings is 1. The van der Waals surface area contributed by atoms with E-state index < -0.39 is 81.2 Å². The summed E-state index contributed by atoms with van der Waals surface area (Å²) in [7, 11) is 0. The lowest BCUT2D eigenvalue weighted by Crippen LogP contribution is -2.57. The van der Waals surface area contributed by atoms with E-state index in [9.17, 15) is 14.0 Å². The number of rotatable bonds is 7. The van der Waals surface area contributed by atoms with Gasteiger partial charge in [-0.05, 0) is 106 Å². The zero-order valence-electron chi connectivity index (χ0n) is 35.6. The lowest BCUT2D eigenvalue weighted by atomic mass is 9.89. The van der Waals surface area contributed by atoms with Crippen LogP contribution in [0.2, 0.25) is 0 Å². The van der Waals surface area contributed by atoms with Gasteiger partial charge in [-0.3, -0.25) is 15.1 Å². The van der Waals surface area contributed by atoms with Crippen LogP contribution in [0.5, 0.6) is 6.01 Å². The van der Waals surface area contributed by atoms with E-state index in [-0.39, 0.29) is 57.7 Å². The second-order valence-electron chi connectivity index (χ2n) is 18.7. The van der Waals surface area contributed by atoms with Crippen LogP contribution in [0.1, 0.15) is 93.6 Å². The Morgan fingerprint density at radius 2 is 1.61 bits per heavy atom. The lowest BCUT2D eigenvalue weighted by molar-refractivity contribution is -0.137. The molecule has 2 aromatic heterocycles. The highest BCUT2D eigenvalue weighted by molar-refractivity contribution is 7.22. The SMILES string of the molecule is C[C@@H](CN1CCC(F)CC1(C)C)Oc1nc(N2CC3CCC(C2)N3C(=O)OC(C)(C)C)c2cc(C(F)(F)F)c(-c3ccc(F)c4sc(NC(=O)OC(C)(C)C)nc34)c(F)c2n1. The van der Waals surface area contributed by atoms with Crippen molar-refractivity contribution in [3.05, 3.63) is 35.4 Å². The zero-order chi connectivity index (χ0) is 44.6. The van der Waals surface area contributed by atoms with Crippen molar-refractivity contribution in [2.75, 3.05) is 36.4 Å². The summed E-state index contributed by atoms with van der Waals surface area (Å²) in [6, 6.07) is 1.63. The molecule has 3 aliphatic heterocycles. The van der Waals surface area contributed by atoms with Crippen LogP contribution >= 0.6 is 11.3 Å². The number of anilines is 2. The predicted molar refractivity (Wildman–Crippen MR) is 220 cm³/mol. The Bertz CT molecular complexity index is 2330. The summed E-state index contributed by atoms with van der Waals surface area (Å²) >= 11 is 0.650. The summed E-state index contributed by atoms with van der Waals surface area (Å²) in [6.07, 6.45) is -6.29. The average Bonchev–Trinajstić information content (AvgIpc) is 3.65. The third-order valence-electron chi connectivity index (χ3n) is 11.0. The van der Waals surface area contributed by atoms with Crippen molar-refractivity contribution in [1.29, 1.82) is 0 Å². The highest BCUT2D eigenvalue weighted by Crippen LogP contribution is 2.47. The molecule has 4 aromatic rings. The highest BCUT2D eigenvalue weighted by Gasteiger charge is 2.46. The third kappa shape index (κ3) is 9.42. The van der Waals surface area contributed by atoms with Crippen molar-refractivity contribution in [3.8, 4) is 17.1 Å². The van der Waals surface area contributed by atoms with Gasteiger partial charge in [0.15, 0.2) is 10.9 Å². The van der Waals surface area contributed by atoms with Gasteiger partial charge in [-0.2, -0.15) is 23.1 Å². The number of carbonyl (C=O) groups excluding carboxylic acids is 2. The molecule has 1 N–H and O–H groups in total. The normalized spacial score (nSPS) is 21.5. The number of fused-ring (bicyclic) bond motifs is 4. The number of thiazole rings is 1. The minimum absolute atomic E-state index is 0.0239. The molecule has 12 nitrogen and oxygen atoms in total. The molecule has 3 saturated heterocycles. The first-order valence-electron chi connectivity index (χ1n) is 20.3. The van der Waals surface area contributed by atoms with E-state index >= 15 is 22.0 Å². The minimum Gasteiger partial charge on any atom is -0.459 e. The largest absolute Gasteiger partial charge is 0.459 e. The van der Waals surface area contributed by atoms with E-state index in [0.717, 1.165) is 18.2 Å². The summed E-state index contributed by atoms with van der Waals surface area (Å²) in [5, 5.41) is 1.95. The third-order valence-corrected chi connectivity index (χ3v) is 12.0. The van der Waals surface area contributed by atoms with Gasteiger partial charge in [-0.15, -0.1) is 0 Å². The number of ether oxygens (including phenoxy) is 3. The van der Waals surface area contributed by atoms with Crippen molar-refractivity contribution in [3.63, 3.8) is 0 Å². The van der Waals surface area contributed by atoms with Gasteiger partial charge in [0.2, 0.25) is 0 Å². The maximum atomic E-state index is 17.5. The van der Waals surface area contributed by atoms with Gasteiger partial charge in [-0.25, -0.2) is 27.7 Å². The number of amides is 2. The first-order valence-corrected chi connectivity index (χ1v) is 21.1. The van der Waals surface area contributed by atoms with Crippen molar-refractivity contribution >= 4 is 55.6 Å². The monoisotopic (exact) mass is 879 g/mol. The lowest BCUT2D eigenvalue weighted by Gasteiger charge is -2.44. The van der Waals surface area contributed by atoms with Crippen LogP contribution in [0.25, 0.3) is 32.2 Å². The molecular formula is C42H51F6N7O5S. The van der Waals surface area contributed by atoms with Gasteiger partial charge in [-0.1, -0.05) is 11.3 Å². The molecule has 7 rings (SSSR count). The molecule has 4 atom stereocenters. The summed E-state index contributed by atoms with van der Waals surface area (Å²) in [4.78, 5) is 44.6. The second kappa shape index (κ2) is 15.9. The van der Waals surface area contributed by atoms with Gasteiger partial charge >= 0.3 is 24.4 Å². The Labute approximate surface area is 353 Å². The van der Waals surface area contributed by atoms with Crippen molar-refractivity contribution < 1.29 is 50.1 Å². The topological polar surface area (TPSA) is 122 Å². The van der Waals surface area contributed by atoms with E-state index in [1.165, 1.54) is 0 Å². The standard InChI is InChI=1S/C42H51F6N7O5S/c1-21(18-54-15-14-22(43)17-41(54,8)9)58-35-49-31-26(34(51-35)53-19-23-10-11-24(20-53)55(23)38(57)60-40(5,6)7)16-27(42(46,47)48)29(30(31)45)25-12-13-28(44)33-32(25)50-36(61-33)52-37(56)59-39(2,3)4/h12-13,16,21-24H,10-11,14-15,17-20H2,1-9H3,(H,50,52,56)/t21-,22?,23?,24?/m0/s1. The fourth-order valence-corrected chi connectivity index (χ4v) is 9.40. The summed E-state index contributed by atoms with van der Waals surface area (Å²) in [5.41, 5.74) is -5.69. The van der Waals surface area contributed by atoms with E-state index in [1.807, 2.05) is 13.8 Å². The first-order chi connectivity index (χ1) is 28.3. The number of piperazine rings is 1. The molecule has 3 aliphatic rings.